The van der Waals surface area contributed by atoms with Crippen LogP contribution in [0.5, 0.6) is 0 Å². The predicted octanol–water partition coefficient (Wildman–Crippen LogP) is 3.12. The highest BCUT2D eigenvalue weighted by atomic mass is 35.5. The molecule has 1 atom stereocenters. The van der Waals surface area contributed by atoms with Crippen molar-refractivity contribution in [2.75, 3.05) is 5.73 Å². The molecule has 3 rings (SSSR count). The largest absolute Gasteiger partial charge is 0.366 e. The van der Waals surface area contributed by atoms with E-state index in [0.29, 0.717) is 33.5 Å². The van der Waals surface area contributed by atoms with Crippen LogP contribution in [0, 0.1) is 0 Å². The Morgan fingerprint density at radius 3 is 2.83 bits per heavy atom. The lowest BCUT2D eigenvalue weighted by atomic mass is 9.90. The first kappa shape index (κ1) is 15.7. The summed E-state index contributed by atoms with van der Waals surface area (Å²) in [6, 6.07) is 6.77. The molecule has 0 fully saturated rings. The second-order valence-corrected chi connectivity index (χ2v) is 5.81. The van der Waals surface area contributed by atoms with Crippen molar-refractivity contribution in [2.45, 2.75) is 19.3 Å². The fraction of sp³-hybridized carbons (Fsp3) is 0.200. The van der Waals surface area contributed by atoms with Crippen LogP contribution in [0.4, 0.5) is 5.95 Å². The monoisotopic (exact) mass is 349 g/mol. The quantitative estimate of drug-likeness (QED) is 0.781. The Balaban J connectivity index is 2.25. The van der Waals surface area contributed by atoms with Gasteiger partial charge in [-0.3, -0.25) is 4.79 Å². The number of carbonyl (C=O) groups is 1. The van der Waals surface area contributed by atoms with Crippen molar-refractivity contribution in [3.05, 3.63) is 51.8 Å². The molecule has 0 aliphatic rings. The van der Waals surface area contributed by atoms with Gasteiger partial charge in [-0.25, -0.2) is 4.98 Å². The van der Waals surface area contributed by atoms with Gasteiger partial charge < -0.3 is 5.73 Å². The zero-order chi connectivity index (χ0) is 16.6. The van der Waals surface area contributed by atoms with Crippen LogP contribution in [0.1, 0.15) is 30.5 Å². The zero-order valence-corrected chi connectivity index (χ0v) is 13.7. The number of benzene rings is 1. The maximum atomic E-state index is 12.6. The molecule has 8 heteroatoms. The van der Waals surface area contributed by atoms with Gasteiger partial charge in [-0.05, 0) is 23.8 Å². The Morgan fingerprint density at radius 2 is 2.13 bits per heavy atom. The molecule has 0 bridgehead atoms. The number of nitrogens with zero attached hydrogens (tertiary/aromatic N) is 4. The summed E-state index contributed by atoms with van der Waals surface area (Å²) in [7, 11) is 0. The highest BCUT2D eigenvalue weighted by molar-refractivity contribution is 6.35. The highest BCUT2D eigenvalue weighted by Crippen LogP contribution is 2.33. The van der Waals surface area contributed by atoms with Crippen molar-refractivity contribution in [3.8, 4) is 0 Å². The molecule has 0 saturated heterocycles. The Labute approximate surface area is 142 Å². The van der Waals surface area contributed by atoms with Crippen molar-refractivity contribution >= 4 is 40.7 Å². The molecule has 0 spiro atoms. The molecule has 23 heavy (non-hydrogen) atoms. The topological polar surface area (TPSA) is 86.2 Å². The van der Waals surface area contributed by atoms with Gasteiger partial charge in [-0.1, -0.05) is 36.2 Å². The van der Waals surface area contributed by atoms with E-state index in [1.807, 2.05) is 0 Å². The minimum Gasteiger partial charge on any atom is -0.366 e. The minimum atomic E-state index is -0.601. The van der Waals surface area contributed by atoms with Gasteiger partial charge in [-0.2, -0.15) is 9.50 Å². The Morgan fingerprint density at radius 1 is 1.35 bits per heavy atom. The van der Waals surface area contributed by atoms with E-state index < -0.39 is 5.92 Å². The number of hydrogen-bond acceptors (Lipinski definition) is 5. The van der Waals surface area contributed by atoms with E-state index in [1.165, 1.54) is 4.52 Å². The van der Waals surface area contributed by atoms with Crippen LogP contribution in [0.25, 0.3) is 5.78 Å². The first-order valence-electron chi connectivity index (χ1n) is 6.96. The summed E-state index contributed by atoms with van der Waals surface area (Å²) < 4.78 is 1.47. The van der Waals surface area contributed by atoms with E-state index in [2.05, 4.69) is 15.1 Å². The number of fused-ring (bicyclic) bond motifs is 1. The Kier molecular flexibility index (Phi) is 4.19. The summed E-state index contributed by atoms with van der Waals surface area (Å²) in [4.78, 5) is 20.7. The summed E-state index contributed by atoms with van der Waals surface area (Å²) in [5, 5.41) is 5.05. The fourth-order valence-electron chi connectivity index (χ4n) is 2.48. The molecule has 3 aromatic rings. The Hall–Kier alpha value is -2.18. The summed E-state index contributed by atoms with van der Waals surface area (Å²) >= 11 is 12.3. The summed E-state index contributed by atoms with van der Waals surface area (Å²) in [6.45, 7) is 1.80. The summed E-state index contributed by atoms with van der Waals surface area (Å²) in [5.41, 5.74) is 6.91. The first-order valence-corrected chi connectivity index (χ1v) is 7.71. The number of ketones is 1. The lowest BCUT2D eigenvalue weighted by Gasteiger charge is -2.18. The second kappa shape index (κ2) is 6.14. The summed E-state index contributed by atoms with van der Waals surface area (Å²) in [5.74, 6) is -0.180. The standard InChI is InChI=1S/C15H13Cl2N5O/c1-2-12(23)13(9-4-3-8(16)7-10(9)17)11-5-6-19-15-20-14(18)21-22(11)15/h3-7,13H,2H2,1H3,(H2,18,21)/t13-/m0/s1. The first-order chi connectivity index (χ1) is 11.0. The van der Waals surface area contributed by atoms with Crippen molar-refractivity contribution in [3.63, 3.8) is 0 Å². The molecule has 0 aliphatic heterocycles. The molecule has 0 saturated carbocycles. The van der Waals surface area contributed by atoms with Gasteiger partial charge in [0.15, 0.2) is 0 Å². The number of nitrogen functional groups attached to an aromatic ring is 1. The normalized spacial score (nSPS) is 12.5. The third-order valence-electron chi connectivity index (χ3n) is 3.53. The van der Waals surface area contributed by atoms with Gasteiger partial charge in [-0.15, -0.1) is 5.10 Å². The van der Waals surface area contributed by atoms with Crippen LogP contribution in [-0.2, 0) is 4.79 Å². The average Bonchev–Trinajstić information content (AvgIpc) is 2.90. The molecule has 0 unspecified atom stereocenters. The molecule has 1 aromatic carbocycles. The van der Waals surface area contributed by atoms with Crippen LogP contribution in [-0.4, -0.2) is 25.4 Å². The molecule has 0 amide bonds. The molecule has 6 nitrogen and oxygen atoms in total. The van der Waals surface area contributed by atoms with E-state index >= 15 is 0 Å². The maximum Gasteiger partial charge on any atom is 0.254 e. The van der Waals surface area contributed by atoms with Gasteiger partial charge in [0.05, 0.1) is 11.6 Å². The minimum absolute atomic E-state index is 0.00389. The number of rotatable bonds is 4. The fourth-order valence-corrected chi connectivity index (χ4v) is 3.00. The van der Waals surface area contributed by atoms with Gasteiger partial charge in [0.1, 0.15) is 5.78 Å². The van der Waals surface area contributed by atoms with Crippen molar-refractivity contribution in [2.24, 2.45) is 0 Å². The van der Waals surface area contributed by atoms with Crippen LogP contribution in [0.2, 0.25) is 10.0 Å². The third-order valence-corrected chi connectivity index (χ3v) is 4.09. The lowest BCUT2D eigenvalue weighted by Crippen LogP contribution is -2.17. The molecule has 0 radical (unpaired) electrons. The molecule has 118 valence electrons. The number of Topliss-reactive ketones (excluding diaryl/α,β-unsaturated/α-hetero) is 1. The van der Waals surface area contributed by atoms with Gasteiger partial charge in [0.25, 0.3) is 5.78 Å². The number of nitrogens with two attached hydrogens (primary N) is 1. The van der Waals surface area contributed by atoms with Crippen LogP contribution >= 0.6 is 23.2 Å². The molecule has 2 heterocycles. The third kappa shape index (κ3) is 2.87. The predicted molar refractivity (Wildman–Crippen MR) is 88.8 cm³/mol. The average molecular weight is 350 g/mol. The van der Waals surface area contributed by atoms with Crippen LogP contribution in [0.15, 0.2) is 30.5 Å². The highest BCUT2D eigenvalue weighted by Gasteiger charge is 2.27. The maximum absolute atomic E-state index is 12.6. The van der Waals surface area contributed by atoms with Crippen molar-refractivity contribution in [1.82, 2.24) is 19.6 Å². The van der Waals surface area contributed by atoms with Gasteiger partial charge in [0, 0.05) is 22.7 Å². The van der Waals surface area contributed by atoms with E-state index in [4.69, 9.17) is 28.9 Å². The molecule has 0 aliphatic carbocycles. The van der Waals surface area contributed by atoms with E-state index in [9.17, 15) is 4.79 Å². The molecular formula is C15H13Cl2N5O. The Bertz CT molecular complexity index is 893. The van der Waals surface area contributed by atoms with Crippen molar-refractivity contribution in [1.29, 1.82) is 0 Å². The smallest absolute Gasteiger partial charge is 0.254 e. The number of halogens is 2. The number of carbonyl (C=O) groups excluding carboxylic acids is 1. The van der Waals surface area contributed by atoms with Gasteiger partial charge in [0.2, 0.25) is 5.95 Å². The number of hydrogen-bond donors (Lipinski definition) is 1. The molecular weight excluding hydrogens is 337 g/mol. The van der Waals surface area contributed by atoms with E-state index in [-0.39, 0.29) is 11.7 Å². The molecule has 2 aromatic heterocycles. The summed E-state index contributed by atoms with van der Waals surface area (Å²) in [6.07, 6.45) is 1.91. The SMILES string of the molecule is CCC(=O)[C@@H](c1ccc(Cl)cc1Cl)c1ccnc2nc(N)nn12. The number of anilines is 1. The van der Waals surface area contributed by atoms with Gasteiger partial charge >= 0.3 is 0 Å². The molecule has 2 N–H and O–H groups in total. The zero-order valence-electron chi connectivity index (χ0n) is 12.2. The van der Waals surface area contributed by atoms with E-state index in [0.717, 1.165) is 0 Å². The van der Waals surface area contributed by atoms with Crippen molar-refractivity contribution < 1.29 is 4.79 Å². The van der Waals surface area contributed by atoms with E-state index in [1.54, 1.807) is 37.4 Å². The second-order valence-electron chi connectivity index (χ2n) is 4.97. The van der Waals surface area contributed by atoms with Crippen LogP contribution < -0.4 is 5.73 Å². The van der Waals surface area contributed by atoms with Crippen LogP contribution in [0.3, 0.4) is 0 Å². The number of aromatic nitrogens is 4. The lowest BCUT2D eigenvalue weighted by molar-refractivity contribution is -0.119.